The van der Waals surface area contributed by atoms with Crippen molar-refractivity contribution in [3.63, 3.8) is 0 Å². The monoisotopic (exact) mass is 466 g/mol. The molecule has 10 nitrogen and oxygen atoms in total. The van der Waals surface area contributed by atoms with Crippen molar-refractivity contribution in [1.29, 1.82) is 0 Å². The second-order valence-corrected chi connectivity index (χ2v) is 9.25. The van der Waals surface area contributed by atoms with Crippen LogP contribution in [0.25, 0.3) is 11.1 Å². The quantitative estimate of drug-likeness (QED) is 0.383. The molecule has 2 aromatic carbocycles. The van der Waals surface area contributed by atoms with Crippen molar-refractivity contribution >= 4 is 21.6 Å². The van der Waals surface area contributed by atoms with Gasteiger partial charge in [0, 0.05) is 18.2 Å². The molecule has 0 spiro atoms. The fraction of sp³-hybridized carbons (Fsp3) is 0.381. The molecule has 3 rings (SSSR count). The molecule has 11 heteroatoms. The molecule has 174 valence electrons. The molecule has 5 atom stereocenters. The predicted molar refractivity (Wildman–Crippen MR) is 116 cm³/mol. The van der Waals surface area contributed by atoms with Crippen LogP contribution in [0.1, 0.15) is 6.92 Å². The van der Waals surface area contributed by atoms with Crippen LogP contribution < -0.4 is 14.8 Å². The first-order chi connectivity index (χ1) is 15.1. The van der Waals surface area contributed by atoms with Gasteiger partial charge in [-0.1, -0.05) is 30.3 Å². The zero-order valence-corrected chi connectivity index (χ0v) is 18.3. The first kappa shape index (κ1) is 24.0. The number of benzene rings is 2. The summed E-state index contributed by atoms with van der Waals surface area (Å²) >= 11 is 0. The van der Waals surface area contributed by atoms with E-state index in [1.54, 1.807) is 48.5 Å². The van der Waals surface area contributed by atoms with E-state index < -0.39 is 53.2 Å². The molecule has 0 bridgehead atoms. The van der Waals surface area contributed by atoms with Gasteiger partial charge in [-0.2, -0.15) is 0 Å². The SMILES string of the molecule is CC(=O)NC1C(Oc2ccccc2-c2cccc(NS(C)(=O)=O)c2)OC(CO)C(O)C1O. The number of anilines is 1. The van der Waals surface area contributed by atoms with Crippen LogP contribution in [-0.4, -0.2) is 73.2 Å². The zero-order valence-electron chi connectivity index (χ0n) is 17.5. The normalized spacial score (nSPS) is 25.7. The van der Waals surface area contributed by atoms with Crippen molar-refractivity contribution in [2.45, 2.75) is 37.6 Å². The fourth-order valence-electron chi connectivity index (χ4n) is 3.47. The molecule has 32 heavy (non-hydrogen) atoms. The fourth-order valence-corrected chi connectivity index (χ4v) is 4.02. The standard InChI is InChI=1S/C21H26N2O8S/c1-12(25)22-18-20(27)19(26)17(11-24)31-21(18)30-16-9-4-3-8-15(16)13-6-5-7-14(10-13)23-32(2,28)29/h3-10,17-21,23-24,26-27H,11H2,1-2H3,(H,22,25). The Kier molecular flexibility index (Phi) is 7.36. The summed E-state index contributed by atoms with van der Waals surface area (Å²) in [7, 11) is -3.46. The molecule has 1 saturated heterocycles. The van der Waals surface area contributed by atoms with Gasteiger partial charge in [0.2, 0.25) is 22.2 Å². The van der Waals surface area contributed by atoms with E-state index in [0.29, 0.717) is 22.6 Å². The molecule has 1 aliphatic heterocycles. The van der Waals surface area contributed by atoms with E-state index in [0.717, 1.165) is 6.26 Å². The lowest BCUT2D eigenvalue weighted by Gasteiger charge is -2.42. The molecule has 5 N–H and O–H groups in total. The Morgan fingerprint density at radius 3 is 2.50 bits per heavy atom. The van der Waals surface area contributed by atoms with Gasteiger partial charge in [0.1, 0.15) is 30.1 Å². The maximum atomic E-state index is 11.6. The van der Waals surface area contributed by atoms with Crippen LogP contribution in [0.5, 0.6) is 5.75 Å². The Bertz CT molecular complexity index is 1060. The summed E-state index contributed by atoms with van der Waals surface area (Å²) in [5, 5.41) is 32.6. The van der Waals surface area contributed by atoms with Crippen molar-refractivity contribution in [2.24, 2.45) is 0 Å². The van der Waals surface area contributed by atoms with Gasteiger partial charge in [0.25, 0.3) is 0 Å². The van der Waals surface area contributed by atoms with E-state index >= 15 is 0 Å². The van der Waals surface area contributed by atoms with Gasteiger partial charge in [-0.15, -0.1) is 0 Å². The molecule has 1 heterocycles. The van der Waals surface area contributed by atoms with E-state index in [-0.39, 0.29) is 0 Å². The number of carbonyl (C=O) groups is 1. The number of nitrogens with one attached hydrogen (secondary N) is 2. The van der Waals surface area contributed by atoms with E-state index in [1.165, 1.54) is 6.92 Å². The summed E-state index contributed by atoms with van der Waals surface area (Å²) in [5.41, 5.74) is 1.60. The van der Waals surface area contributed by atoms with Crippen molar-refractivity contribution in [3.05, 3.63) is 48.5 Å². The Morgan fingerprint density at radius 2 is 1.84 bits per heavy atom. The lowest BCUT2D eigenvalue weighted by Crippen LogP contribution is -2.65. The van der Waals surface area contributed by atoms with Gasteiger partial charge in [-0.25, -0.2) is 8.42 Å². The van der Waals surface area contributed by atoms with Gasteiger partial charge in [0.05, 0.1) is 12.9 Å². The van der Waals surface area contributed by atoms with Crippen LogP contribution in [0, 0.1) is 0 Å². The number of hydrogen-bond acceptors (Lipinski definition) is 8. The maximum Gasteiger partial charge on any atom is 0.229 e. The van der Waals surface area contributed by atoms with Crippen LogP contribution in [-0.2, 0) is 19.6 Å². The zero-order chi connectivity index (χ0) is 23.5. The molecule has 0 aromatic heterocycles. The van der Waals surface area contributed by atoms with Gasteiger partial charge in [-0.05, 0) is 23.8 Å². The van der Waals surface area contributed by atoms with E-state index in [9.17, 15) is 28.5 Å². The number of ether oxygens (including phenoxy) is 2. The largest absolute Gasteiger partial charge is 0.462 e. The number of amides is 1. The lowest BCUT2D eigenvalue weighted by molar-refractivity contribution is -0.244. The highest BCUT2D eigenvalue weighted by atomic mass is 32.2. The molecular formula is C21H26N2O8S. The van der Waals surface area contributed by atoms with Crippen molar-refractivity contribution < 1.29 is 38.0 Å². The third-order valence-electron chi connectivity index (χ3n) is 4.86. The van der Waals surface area contributed by atoms with Crippen molar-refractivity contribution in [3.8, 4) is 16.9 Å². The van der Waals surface area contributed by atoms with E-state index in [4.69, 9.17) is 9.47 Å². The number of sulfonamides is 1. The highest BCUT2D eigenvalue weighted by Crippen LogP contribution is 2.34. The molecule has 0 aliphatic carbocycles. The number of hydrogen-bond donors (Lipinski definition) is 5. The summed E-state index contributed by atoms with van der Waals surface area (Å²) < 4.78 is 37.2. The van der Waals surface area contributed by atoms with Crippen molar-refractivity contribution in [1.82, 2.24) is 5.32 Å². The van der Waals surface area contributed by atoms with Gasteiger partial charge >= 0.3 is 0 Å². The second kappa shape index (κ2) is 9.84. The third-order valence-corrected chi connectivity index (χ3v) is 5.46. The minimum atomic E-state index is -3.46. The predicted octanol–water partition coefficient (Wildman–Crippen LogP) is 0.0476. The molecule has 0 saturated carbocycles. The molecule has 1 aliphatic rings. The summed E-state index contributed by atoms with van der Waals surface area (Å²) in [6, 6.07) is 12.4. The first-order valence-corrected chi connectivity index (χ1v) is 11.7. The van der Waals surface area contributed by atoms with Crippen LogP contribution >= 0.6 is 0 Å². The number of carbonyl (C=O) groups excluding carboxylic acids is 1. The Labute approximate surface area is 185 Å². The van der Waals surface area contributed by atoms with Crippen LogP contribution in [0.2, 0.25) is 0 Å². The number of rotatable bonds is 7. The lowest BCUT2D eigenvalue weighted by atomic mass is 9.96. The summed E-state index contributed by atoms with van der Waals surface area (Å²) in [6.07, 6.45) is -4.14. The second-order valence-electron chi connectivity index (χ2n) is 7.50. The van der Waals surface area contributed by atoms with Crippen LogP contribution in [0.4, 0.5) is 5.69 Å². The minimum absolute atomic E-state index is 0.324. The molecule has 0 radical (unpaired) electrons. The number of aliphatic hydroxyl groups is 3. The topological polar surface area (TPSA) is 154 Å². The Hall–Kier alpha value is -2.70. The number of aliphatic hydroxyl groups excluding tert-OH is 3. The van der Waals surface area contributed by atoms with Gasteiger partial charge in [-0.3, -0.25) is 9.52 Å². The molecule has 1 amide bonds. The summed E-state index contributed by atoms with van der Waals surface area (Å²) in [4.78, 5) is 11.6. The molecule has 2 aromatic rings. The molecular weight excluding hydrogens is 440 g/mol. The smallest absolute Gasteiger partial charge is 0.229 e. The highest BCUT2D eigenvalue weighted by Gasteiger charge is 2.46. The summed E-state index contributed by atoms with van der Waals surface area (Å²) in [5.74, 6) is -0.140. The van der Waals surface area contributed by atoms with E-state index in [2.05, 4.69) is 10.0 Å². The minimum Gasteiger partial charge on any atom is -0.462 e. The summed E-state index contributed by atoms with van der Waals surface area (Å²) in [6.45, 7) is 0.689. The average molecular weight is 467 g/mol. The van der Waals surface area contributed by atoms with Gasteiger partial charge < -0.3 is 30.1 Å². The third kappa shape index (κ3) is 5.75. The number of para-hydroxylation sites is 1. The maximum absolute atomic E-state index is 11.6. The first-order valence-electron chi connectivity index (χ1n) is 9.82. The van der Waals surface area contributed by atoms with Gasteiger partial charge in [0.15, 0.2) is 0 Å². The van der Waals surface area contributed by atoms with Crippen molar-refractivity contribution in [2.75, 3.05) is 17.6 Å². The van der Waals surface area contributed by atoms with Crippen LogP contribution in [0.15, 0.2) is 48.5 Å². The van der Waals surface area contributed by atoms with E-state index in [1.807, 2.05) is 0 Å². The molecule has 5 unspecified atom stereocenters. The highest BCUT2D eigenvalue weighted by molar-refractivity contribution is 7.92. The molecule has 1 fully saturated rings. The Balaban J connectivity index is 1.94. The average Bonchev–Trinajstić information content (AvgIpc) is 2.72. The van der Waals surface area contributed by atoms with Crippen LogP contribution in [0.3, 0.4) is 0 Å². The Morgan fingerprint density at radius 1 is 1.12 bits per heavy atom.